The standard InChI is InChI=1S/C6H17NSi2/c1-8(2)5-6-9(3,4)7-8/h7H,5-6H2,1-4H3. The molecule has 0 aliphatic carbocycles. The molecule has 3 heteroatoms. The lowest BCUT2D eigenvalue weighted by Crippen LogP contribution is -2.50. The molecular weight excluding hydrogens is 142 g/mol. The predicted molar refractivity (Wildman–Crippen MR) is 47.7 cm³/mol. The van der Waals surface area contributed by atoms with Gasteiger partial charge in [0, 0.05) is 0 Å². The third kappa shape index (κ3) is 1.91. The second-order valence-corrected chi connectivity index (χ2v) is 13.9. The third-order valence-corrected chi connectivity index (χ3v) is 11.0. The highest BCUT2D eigenvalue weighted by atomic mass is 28.4. The van der Waals surface area contributed by atoms with Crippen LogP contribution in [0.2, 0.25) is 38.3 Å². The van der Waals surface area contributed by atoms with Crippen molar-refractivity contribution in [2.24, 2.45) is 0 Å². The van der Waals surface area contributed by atoms with E-state index in [1.54, 1.807) is 0 Å². The van der Waals surface area contributed by atoms with Crippen molar-refractivity contribution in [3.8, 4) is 0 Å². The Morgan fingerprint density at radius 2 is 1.22 bits per heavy atom. The predicted octanol–water partition coefficient (Wildman–Crippen LogP) is 2.00. The number of hydrogen-bond acceptors (Lipinski definition) is 1. The van der Waals surface area contributed by atoms with Crippen LogP contribution in [0.4, 0.5) is 0 Å². The first-order chi connectivity index (χ1) is 3.91. The Hall–Kier alpha value is 0.394. The molecule has 0 unspecified atom stereocenters. The maximum absolute atomic E-state index is 3.85. The summed E-state index contributed by atoms with van der Waals surface area (Å²) < 4.78 is 3.85. The molecule has 1 rings (SSSR count). The minimum atomic E-state index is -0.864. The Labute approximate surface area is 60.0 Å². The van der Waals surface area contributed by atoms with Crippen LogP contribution in [0.25, 0.3) is 0 Å². The zero-order valence-electron chi connectivity index (χ0n) is 6.91. The van der Waals surface area contributed by atoms with Crippen molar-refractivity contribution in [3.63, 3.8) is 0 Å². The molecule has 0 amide bonds. The molecule has 0 aromatic heterocycles. The van der Waals surface area contributed by atoms with E-state index in [2.05, 4.69) is 30.8 Å². The summed E-state index contributed by atoms with van der Waals surface area (Å²) in [4.78, 5) is 0. The van der Waals surface area contributed by atoms with Crippen molar-refractivity contribution in [2.75, 3.05) is 0 Å². The number of nitrogens with one attached hydrogen (secondary N) is 1. The van der Waals surface area contributed by atoms with Crippen LogP contribution in [-0.2, 0) is 0 Å². The minimum absolute atomic E-state index is 0.864. The lowest BCUT2D eigenvalue weighted by atomic mass is 10.9. The van der Waals surface area contributed by atoms with Crippen LogP contribution in [0.3, 0.4) is 0 Å². The van der Waals surface area contributed by atoms with Gasteiger partial charge in [0.15, 0.2) is 0 Å². The van der Waals surface area contributed by atoms with Crippen LogP contribution in [0.1, 0.15) is 0 Å². The SMILES string of the molecule is C[Si]1(C)CC[Si](C)(C)N1. The van der Waals surface area contributed by atoms with Crippen molar-refractivity contribution >= 4 is 16.5 Å². The van der Waals surface area contributed by atoms with E-state index in [0.717, 1.165) is 0 Å². The second kappa shape index (κ2) is 1.94. The van der Waals surface area contributed by atoms with Crippen molar-refractivity contribution in [3.05, 3.63) is 0 Å². The average molecular weight is 159 g/mol. The second-order valence-electron chi connectivity index (χ2n) is 4.39. The van der Waals surface area contributed by atoms with E-state index in [4.69, 9.17) is 0 Å². The topological polar surface area (TPSA) is 12.0 Å². The molecule has 54 valence electrons. The van der Waals surface area contributed by atoms with Gasteiger partial charge in [0.1, 0.15) is 16.5 Å². The van der Waals surface area contributed by atoms with E-state index < -0.39 is 16.5 Å². The van der Waals surface area contributed by atoms with Crippen molar-refractivity contribution in [2.45, 2.75) is 38.3 Å². The highest BCUT2D eigenvalue weighted by Gasteiger charge is 2.38. The zero-order valence-corrected chi connectivity index (χ0v) is 8.91. The molecule has 0 bridgehead atoms. The summed E-state index contributed by atoms with van der Waals surface area (Å²) in [5.74, 6) is 0. The summed E-state index contributed by atoms with van der Waals surface area (Å²) in [6, 6.07) is 3.01. The van der Waals surface area contributed by atoms with Gasteiger partial charge >= 0.3 is 0 Å². The van der Waals surface area contributed by atoms with Gasteiger partial charge in [0.25, 0.3) is 0 Å². The third-order valence-electron chi connectivity index (χ3n) is 2.05. The van der Waals surface area contributed by atoms with E-state index in [1.165, 1.54) is 12.1 Å². The van der Waals surface area contributed by atoms with Crippen LogP contribution in [-0.4, -0.2) is 16.5 Å². The van der Waals surface area contributed by atoms with Gasteiger partial charge < -0.3 is 4.65 Å². The van der Waals surface area contributed by atoms with Crippen LogP contribution < -0.4 is 4.65 Å². The Morgan fingerprint density at radius 3 is 1.33 bits per heavy atom. The van der Waals surface area contributed by atoms with E-state index in [9.17, 15) is 0 Å². The maximum Gasteiger partial charge on any atom is 0.112 e. The van der Waals surface area contributed by atoms with Gasteiger partial charge in [-0.2, -0.15) is 0 Å². The van der Waals surface area contributed by atoms with Gasteiger partial charge in [-0.25, -0.2) is 0 Å². The molecule has 1 N–H and O–H groups in total. The van der Waals surface area contributed by atoms with E-state index in [1.807, 2.05) is 0 Å². The molecule has 1 aliphatic heterocycles. The fourth-order valence-electron chi connectivity index (χ4n) is 1.67. The largest absolute Gasteiger partial charge is 0.359 e. The van der Waals surface area contributed by atoms with Gasteiger partial charge in [-0.15, -0.1) is 0 Å². The number of hydrogen-bond donors (Lipinski definition) is 1. The van der Waals surface area contributed by atoms with Crippen LogP contribution in [0.15, 0.2) is 0 Å². The molecule has 0 atom stereocenters. The van der Waals surface area contributed by atoms with Crippen molar-refractivity contribution < 1.29 is 0 Å². The Bertz CT molecular complexity index is 106. The smallest absolute Gasteiger partial charge is 0.112 e. The van der Waals surface area contributed by atoms with Gasteiger partial charge in [0.2, 0.25) is 0 Å². The summed E-state index contributed by atoms with van der Waals surface area (Å²) in [6.07, 6.45) is 0. The molecule has 9 heavy (non-hydrogen) atoms. The number of rotatable bonds is 0. The summed E-state index contributed by atoms with van der Waals surface area (Å²) in [7, 11) is -1.73. The molecule has 0 aromatic carbocycles. The lowest BCUT2D eigenvalue weighted by molar-refractivity contribution is 1.35. The highest BCUT2D eigenvalue weighted by molar-refractivity contribution is 6.95. The van der Waals surface area contributed by atoms with E-state index in [-0.39, 0.29) is 0 Å². The molecule has 1 aliphatic rings. The Kier molecular flexibility index (Phi) is 1.61. The first kappa shape index (κ1) is 7.50. The van der Waals surface area contributed by atoms with E-state index >= 15 is 0 Å². The average Bonchev–Trinajstić information content (AvgIpc) is 1.78. The first-order valence-electron chi connectivity index (χ1n) is 3.71. The van der Waals surface area contributed by atoms with Crippen LogP contribution in [0.5, 0.6) is 0 Å². The summed E-state index contributed by atoms with van der Waals surface area (Å²) in [5, 5.41) is 0. The van der Waals surface area contributed by atoms with Gasteiger partial charge in [-0.1, -0.05) is 26.2 Å². The molecule has 1 saturated heterocycles. The Balaban J connectivity index is 2.58. The van der Waals surface area contributed by atoms with Crippen LogP contribution >= 0.6 is 0 Å². The molecule has 0 aromatic rings. The van der Waals surface area contributed by atoms with Gasteiger partial charge in [-0.05, 0) is 12.1 Å². The lowest BCUT2D eigenvalue weighted by Gasteiger charge is -2.21. The molecule has 1 fully saturated rings. The normalized spacial score (nSPS) is 30.7. The monoisotopic (exact) mass is 159 g/mol. The molecule has 1 nitrogen and oxygen atoms in total. The molecular formula is C6H17NSi2. The van der Waals surface area contributed by atoms with Crippen LogP contribution in [0, 0.1) is 0 Å². The molecule has 0 spiro atoms. The quantitative estimate of drug-likeness (QED) is 0.533. The maximum atomic E-state index is 3.85. The fraction of sp³-hybridized carbons (Fsp3) is 1.00. The van der Waals surface area contributed by atoms with Gasteiger partial charge in [0.05, 0.1) is 0 Å². The summed E-state index contributed by atoms with van der Waals surface area (Å²) >= 11 is 0. The van der Waals surface area contributed by atoms with E-state index in [0.29, 0.717) is 0 Å². The summed E-state index contributed by atoms with van der Waals surface area (Å²) in [6.45, 7) is 9.76. The van der Waals surface area contributed by atoms with Crippen molar-refractivity contribution in [1.82, 2.24) is 4.65 Å². The fourth-order valence-corrected chi connectivity index (χ4v) is 15.0. The Morgan fingerprint density at radius 1 is 0.889 bits per heavy atom. The van der Waals surface area contributed by atoms with Crippen molar-refractivity contribution in [1.29, 1.82) is 0 Å². The zero-order chi connectivity index (χ0) is 7.12. The molecule has 0 radical (unpaired) electrons. The molecule has 1 heterocycles. The van der Waals surface area contributed by atoms with Gasteiger partial charge in [-0.3, -0.25) is 0 Å². The first-order valence-corrected chi connectivity index (χ1v) is 10.1. The summed E-state index contributed by atoms with van der Waals surface area (Å²) in [5.41, 5.74) is 0. The molecule has 0 saturated carbocycles. The highest BCUT2D eigenvalue weighted by Crippen LogP contribution is 2.25. The minimum Gasteiger partial charge on any atom is -0.359 e.